The van der Waals surface area contributed by atoms with Crippen molar-refractivity contribution in [1.82, 2.24) is 0 Å². The first kappa shape index (κ1) is 22.5. The largest absolute Gasteiger partial charge is 0.506 e. The molecule has 0 aliphatic carbocycles. The van der Waals surface area contributed by atoms with E-state index in [1.165, 1.54) is 6.92 Å². The van der Waals surface area contributed by atoms with Gasteiger partial charge in [0.05, 0.1) is 21.1 Å². The lowest BCUT2D eigenvalue weighted by atomic mass is 9.98. The molecule has 0 saturated heterocycles. The molecule has 0 spiro atoms. The van der Waals surface area contributed by atoms with Crippen molar-refractivity contribution in [3.63, 3.8) is 0 Å². The first-order chi connectivity index (χ1) is 14.3. The minimum atomic E-state index is -0.275. The molecule has 158 valence electrons. The van der Waals surface area contributed by atoms with E-state index in [0.717, 1.165) is 0 Å². The maximum absolute atomic E-state index is 13.4. The molecular weight excluding hydrogens is 520 g/mol. The Labute approximate surface area is 190 Å². The van der Waals surface area contributed by atoms with Crippen LogP contribution in [0.5, 0.6) is 11.5 Å². The number of furan rings is 1. The summed E-state index contributed by atoms with van der Waals surface area (Å²) in [4.78, 5) is 24.9. The summed E-state index contributed by atoms with van der Waals surface area (Å²) in [5.74, 6) is 0.722. The van der Waals surface area contributed by atoms with Crippen LogP contribution in [0.1, 0.15) is 41.4 Å². The number of aryl methyl sites for hydroxylation is 1. The monoisotopic (exact) mass is 538 g/mol. The van der Waals surface area contributed by atoms with E-state index in [2.05, 4.69) is 31.9 Å². The summed E-state index contributed by atoms with van der Waals surface area (Å²) in [5.41, 5.74) is 1.23. The number of carbonyl (C=O) groups is 2. The van der Waals surface area contributed by atoms with Gasteiger partial charge < -0.3 is 24.2 Å². The van der Waals surface area contributed by atoms with Crippen molar-refractivity contribution < 1.29 is 29.0 Å². The van der Waals surface area contributed by atoms with Crippen molar-refractivity contribution in [2.75, 3.05) is 13.2 Å². The molecule has 0 saturated carbocycles. The van der Waals surface area contributed by atoms with Gasteiger partial charge in [0, 0.05) is 42.9 Å². The number of rotatable bonds is 9. The van der Waals surface area contributed by atoms with Gasteiger partial charge in [-0.25, -0.2) is 0 Å². The quantitative estimate of drug-likeness (QED) is 0.287. The van der Waals surface area contributed by atoms with E-state index >= 15 is 0 Å². The van der Waals surface area contributed by atoms with Gasteiger partial charge in [0.2, 0.25) is 0 Å². The first-order valence-corrected chi connectivity index (χ1v) is 10.9. The van der Waals surface area contributed by atoms with E-state index in [1.54, 1.807) is 30.3 Å². The number of halogens is 2. The third-order valence-electron chi connectivity index (χ3n) is 4.52. The van der Waals surface area contributed by atoms with Crippen molar-refractivity contribution in [3.05, 3.63) is 56.2 Å². The Morgan fingerprint density at radius 3 is 2.47 bits per heavy atom. The van der Waals surface area contributed by atoms with Gasteiger partial charge in [0.15, 0.2) is 5.78 Å². The molecule has 0 fully saturated rings. The van der Waals surface area contributed by atoms with Gasteiger partial charge in [0.25, 0.3) is 0 Å². The number of fused-ring (bicyclic) bond motifs is 1. The minimum absolute atomic E-state index is 0.00277. The normalized spacial score (nSPS) is 11.1. The van der Waals surface area contributed by atoms with Gasteiger partial charge >= 0.3 is 0 Å². The number of aliphatic hydroxyl groups is 1. The molecular formula is C22H20Br2O6. The average Bonchev–Trinajstić information content (AvgIpc) is 3.07. The molecule has 1 aromatic heterocycles. The highest BCUT2D eigenvalue weighted by atomic mass is 79.9. The van der Waals surface area contributed by atoms with Crippen molar-refractivity contribution in [3.8, 4) is 11.5 Å². The highest BCUT2D eigenvalue weighted by molar-refractivity contribution is 9.11. The van der Waals surface area contributed by atoms with E-state index in [-0.39, 0.29) is 30.3 Å². The molecule has 0 unspecified atom stereocenters. The summed E-state index contributed by atoms with van der Waals surface area (Å²) in [6.07, 6.45) is 1.06. The zero-order valence-electron chi connectivity index (χ0n) is 16.2. The van der Waals surface area contributed by atoms with E-state index in [9.17, 15) is 14.7 Å². The minimum Gasteiger partial charge on any atom is -0.506 e. The molecule has 30 heavy (non-hydrogen) atoms. The molecule has 2 N–H and O–H groups in total. The highest BCUT2D eigenvalue weighted by Gasteiger charge is 2.24. The van der Waals surface area contributed by atoms with Crippen LogP contribution in [0.15, 0.2) is 43.7 Å². The van der Waals surface area contributed by atoms with Gasteiger partial charge in [-0.2, -0.15) is 0 Å². The molecule has 1 heterocycles. The highest BCUT2D eigenvalue weighted by Crippen LogP contribution is 2.36. The van der Waals surface area contributed by atoms with Gasteiger partial charge in [-0.3, -0.25) is 4.79 Å². The molecule has 2 aromatic carbocycles. The summed E-state index contributed by atoms with van der Waals surface area (Å²) in [7, 11) is 0. The molecule has 3 rings (SSSR count). The summed E-state index contributed by atoms with van der Waals surface area (Å²) in [6.45, 7) is 1.89. The number of ether oxygens (including phenoxy) is 1. The second-order valence-corrected chi connectivity index (χ2v) is 8.51. The van der Waals surface area contributed by atoms with E-state index in [4.69, 9.17) is 14.3 Å². The summed E-state index contributed by atoms with van der Waals surface area (Å²) in [5, 5.41) is 19.5. The predicted octanol–water partition coefficient (Wildman–Crippen LogP) is 5.18. The second kappa shape index (κ2) is 9.76. The number of hydrogen-bond acceptors (Lipinski definition) is 6. The maximum Gasteiger partial charge on any atom is 0.197 e. The molecule has 0 radical (unpaired) electrons. The van der Waals surface area contributed by atoms with Crippen molar-refractivity contribution >= 4 is 54.4 Å². The van der Waals surface area contributed by atoms with Gasteiger partial charge in [-0.05, 0) is 63.0 Å². The molecule has 8 heteroatoms. The van der Waals surface area contributed by atoms with Crippen LogP contribution in [0.3, 0.4) is 0 Å². The molecule has 0 aliphatic rings. The molecule has 0 aliphatic heterocycles. The fourth-order valence-electron chi connectivity index (χ4n) is 3.03. The summed E-state index contributed by atoms with van der Waals surface area (Å²) in [6, 6.07) is 8.28. The third-order valence-corrected chi connectivity index (χ3v) is 5.72. The lowest BCUT2D eigenvalue weighted by molar-refractivity contribution is -0.117. The third kappa shape index (κ3) is 4.94. The van der Waals surface area contributed by atoms with Crippen LogP contribution in [0, 0.1) is 0 Å². The van der Waals surface area contributed by atoms with Crippen LogP contribution in [-0.2, 0) is 11.2 Å². The first-order valence-electron chi connectivity index (χ1n) is 9.33. The zero-order valence-corrected chi connectivity index (χ0v) is 19.4. The van der Waals surface area contributed by atoms with Gasteiger partial charge in [-0.15, -0.1) is 0 Å². The van der Waals surface area contributed by atoms with Crippen LogP contribution < -0.4 is 4.74 Å². The number of hydrogen-bond donors (Lipinski definition) is 2. The van der Waals surface area contributed by atoms with Crippen molar-refractivity contribution in [2.45, 2.75) is 26.2 Å². The number of aromatic hydroxyl groups is 1. The number of aliphatic hydroxyl groups excluding tert-OH is 1. The Morgan fingerprint density at radius 1 is 1.13 bits per heavy atom. The zero-order chi connectivity index (χ0) is 21.8. The molecule has 6 nitrogen and oxygen atoms in total. The van der Waals surface area contributed by atoms with Gasteiger partial charge in [0.1, 0.15) is 28.6 Å². The maximum atomic E-state index is 13.4. The topological polar surface area (TPSA) is 97.0 Å². The lowest BCUT2D eigenvalue weighted by Crippen LogP contribution is -2.05. The predicted molar refractivity (Wildman–Crippen MR) is 119 cm³/mol. The van der Waals surface area contributed by atoms with Gasteiger partial charge in [-0.1, -0.05) is 0 Å². The van der Waals surface area contributed by atoms with Crippen molar-refractivity contribution in [2.24, 2.45) is 0 Å². The SMILES string of the molecule is CC(=O)CCc1oc2cc(OCCCO)ccc2c1C(=O)c1cc(Br)c(O)c(Br)c1. The molecule has 0 bridgehead atoms. The molecule has 0 atom stereocenters. The Hall–Kier alpha value is -2.16. The average molecular weight is 540 g/mol. The Balaban J connectivity index is 2.06. The number of benzene rings is 2. The number of phenolic OH excluding ortho intramolecular Hbond substituents is 1. The number of ketones is 2. The van der Waals surface area contributed by atoms with Crippen LogP contribution in [0.2, 0.25) is 0 Å². The van der Waals surface area contributed by atoms with E-state index in [1.807, 2.05) is 0 Å². The molecule has 3 aromatic rings. The Bertz CT molecular complexity index is 1080. The molecule has 0 amide bonds. The smallest absolute Gasteiger partial charge is 0.197 e. The van der Waals surface area contributed by atoms with Crippen LogP contribution >= 0.6 is 31.9 Å². The Kier molecular flexibility index (Phi) is 7.33. The summed E-state index contributed by atoms with van der Waals surface area (Å²) >= 11 is 6.50. The lowest BCUT2D eigenvalue weighted by Gasteiger charge is -2.07. The van der Waals surface area contributed by atoms with Crippen molar-refractivity contribution in [1.29, 1.82) is 0 Å². The number of phenols is 1. The van der Waals surface area contributed by atoms with Crippen LogP contribution in [0.4, 0.5) is 0 Å². The fraction of sp³-hybridized carbons (Fsp3) is 0.273. The standard InChI is InChI=1S/C22H20Br2O6/c1-12(26)3-6-18-20(21(27)13-9-16(23)22(28)17(24)10-13)15-5-4-14(11-19(15)30-18)29-8-2-7-25/h4-5,9-11,25,28H,2-3,6-8H2,1H3. The number of carbonyl (C=O) groups excluding carboxylic acids is 2. The van der Waals surface area contributed by atoms with E-state index < -0.39 is 0 Å². The number of Topliss-reactive ketones (excluding diaryl/α,β-unsaturated/α-hetero) is 1. The van der Waals surface area contributed by atoms with E-state index in [0.29, 0.717) is 62.0 Å². The fourth-order valence-corrected chi connectivity index (χ4v) is 4.21. The van der Waals surface area contributed by atoms with Crippen LogP contribution in [-0.4, -0.2) is 35.0 Å². The van der Waals surface area contributed by atoms with Crippen LogP contribution in [0.25, 0.3) is 11.0 Å². The second-order valence-electron chi connectivity index (χ2n) is 6.80. The Morgan fingerprint density at radius 2 is 1.83 bits per heavy atom. The summed E-state index contributed by atoms with van der Waals surface area (Å²) < 4.78 is 12.3.